The van der Waals surface area contributed by atoms with E-state index >= 15 is 0 Å². The molecule has 0 unspecified atom stereocenters. The molecule has 5 nitrogen and oxygen atoms in total. The van der Waals surface area contributed by atoms with Crippen molar-refractivity contribution in [2.24, 2.45) is 0 Å². The lowest BCUT2D eigenvalue weighted by atomic mass is 10.1. The van der Waals surface area contributed by atoms with Crippen molar-refractivity contribution in [1.82, 2.24) is 14.8 Å². The number of anilines is 1. The van der Waals surface area contributed by atoms with Gasteiger partial charge in [0.1, 0.15) is 6.33 Å². The van der Waals surface area contributed by atoms with Crippen LogP contribution >= 0.6 is 35.0 Å². The van der Waals surface area contributed by atoms with Crippen molar-refractivity contribution in [3.63, 3.8) is 0 Å². The second kappa shape index (κ2) is 8.12. The lowest BCUT2D eigenvalue weighted by Gasteiger charge is -2.09. The van der Waals surface area contributed by atoms with Crippen LogP contribution < -0.4 is 5.32 Å². The third-order valence-corrected chi connectivity index (χ3v) is 5.50. The molecular weight excluding hydrogens is 391 g/mol. The standard InChI is InChI=1S/C18H16Cl2N4OS/c1-11-3-5-14(7-12(11)2)24-10-21-23-18(24)26-9-17(25)22-13-4-6-15(19)16(20)8-13/h3-8,10H,9H2,1-2H3,(H,22,25). The summed E-state index contributed by atoms with van der Waals surface area (Å²) in [6.45, 7) is 4.12. The van der Waals surface area contributed by atoms with E-state index in [9.17, 15) is 4.79 Å². The number of nitrogens with one attached hydrogen (secondary N) is 1. The van der Waals surface area contributed by atoms with E-state index in [2.05, 4.69) is 41.5 Å². The van der Waals surface area contributed by atoms with E-state index < -0.39 is 0 Å². The maximum atomic E-state index is 12.2. The van der Waals surface area contributed by atoms with E-state index in [1.54, 1.807) is 24.5 Å². The molecule has 0 saturated carbocycles. The Morgan fingerprint density at radius 2 is 1.92 bits per heavy atom. The first-order chi connectivity index (χ1) is 12.4. The van der Waals surface area contributed by atoms with Gasteiger partial charge in [-0.15, -0.1) is 10.2 Å². The molecule has 0 atom stereocenters. The number of thioether (sulfide) groups is 1. The minimum Gasteiger partial charge on any atom is -0.325 e. The fourth-order valence-electron chi connectivity index (χ4n) is 2.28. The summed E-state index contributed by atoms with van der Waals surface area (Å²) in [5.41, 5.74) is 3.97. The van der Waals surface area contributed by atoms with E-state index in [1.165, 1.54) is 22.9 Å². The lowest BCUT2D eigenvalue weighted by molar-refractivity contribution is -0.113. The monoisotopic (exact) mass is 406 g/mol. The molecule has 134 valence electrons. The maximum absolute atomic E-state index is 12.2. The number of nitrogens with zero attached hydrogens (tertiary/aromatic N) is 3. The minimum absolute atomic E-state index is 0.164. The van der Waals surface area contributed by atoms with Crippen LogP contribution in [-0.2, 0) is 4.79 Å². The van der Waals surface area contributed by atoms with Crippen molar-refractivity contribution in [2.45, 2.75) is 19.0 Å². The van der Waals surface area contributed by atoms with Gasteiger partial charge in [0.25, 0.3) is 0 Å². The molecule has 3 rings (SSSR count). The third kappa shape index (κ3) is 4.38. The molecule has 0 aliphatic heterocycles. The Kier molecular flexibility index (Phi) is 5.86. The van der Waals surface area contributed by atoms with Gasteiger partial charge in [-0.3, -0.25) is 9.36 Å². The molecule has 1 heterocycles. The number of carbonyl (C=O) groups excluding carboxylic acids is 1. The number of carbonyl (C=O) groups is 1. The SMILES string of the molecule is Cc1ccc(-n2cnnc2SCC(=O)Nc2ccc(Cl)c(Cl)c2)cc1C. The van der Waals surface area contributed by atoms with Crippen LogP contribution in [0.15, 0.2) is 47.9 Å². The number of benzene rings is 2. The fourth-order valence-corrected chi connectivity index (χ4v) is 3.30. The molecule has 0 aliphatic rings. The number of rotatable bonds is 5. The fraction of sp³-hybridized carbons (Fsp3) is 0.167. The van der Waals surface area contributed by atoms with E-state index in [1.807, 2.05) is 10.6 Å². The molecule has 26 heavy (non-hydrogen) atoms. The number of aromatic nitrogens is 3. The first-order valence-electron chi connectivity index (χ1n) is 7.79. The summed E-state index contributed by atoms with van der Waals surface area (Å²) in [6, 6.07) is 11.1. The zero-order chi connectivity index (χ0) is 18.7. The predicted molar refractivity (Wildman–Crippen MR) is 107 cm³/mol. The Labute approximate surface area is 165 Å². The third-order valence-electron chi connectivity index (χ3n) is 3.82. The number of hydrogen-bond donors (Lipinski definition) is 1. The summed E-state index contributed by atoms with van der Waals surface area (Å²) in [5, 5.41) is 12.3. The largest absolute Gasteiger partial charge is 0.325 e. The first kappa shape index (κ1) is 18.8. The van der Waals surface area contributed by atoms with Gasteiger partial charge in [-0.2, -0.15) is 0 Å². The molecule has 1 N–H and O–H groups in total. The van der Waals surface area contributed by atoms with Crippen molar-refractivity contribution in [3.05, 3.63) is 63.9 Å². The first-order valence-corrected chi connectivity index (χ1v) is 9.53. The van der Waals surface area contributed by atoms with E-state index in [-0.39, 0.29) is 11.7 Å². The van der Waals surface area contributed by atoms with Crippen molar-refractivity contribution in [2.75, 3.05) is 11.1 Å². The van der Waals surface area contributed by atoms with Crippen LogP contribution in [0.3, 0.4) is 0 Å². The minimum atomic E-state index is -0.164. The van der Waals surface area contributed by atoms with Gasteiger partial charge in [-0.05, 0) is 55.3 Å². The van der Waals surface area contributed by atoms with Crippen LogP contribution in [0.2, 0.25) is 10.0 Å². The van der Waals surface area contributed by atoms with Gasteiger partial charge in [0, 0.05) is 11.4 Å². The van der Waals surface area contributed by atoms with Gasteiger partial charge in [-0.25, -0.2) is 0 Å². The van der Waals surface area contributed by atoms with Crippen LogP contribution in [0, 0.1) is 13.8 Å². The van der Waals surface area contributed by atoms with Crippen LogP contribution in [0.25, 0.3) is 5.69 Å². The van der Waals surface area contributed by atoms with Gasteiger partial charge in [0.2, 0.25) is 5.91 Å². The summed E-state index contributed by atoms with van der Waals surface area (Å²) in [4.78, 5) is 12.2. The van der Waals surface area contributed by atoms with Crippen LogP contribution in [0.5, 0.6) is 0 Å². The summed E-state index contributed by atoms with van der Waals surface area (Å²) >= 11 is 13.1. The van der Waals surface area contributed by atoms with Gasteiger partial charge >= 0.3 is 0 Å². The zero-order valence-corrected chi connectivity index (χ0v) is 16.5. The molecule has 0 saturated heterocycles. The molecule has 0 bridgehead atoms. The summed E-state index contributed by atoms with van der Waals surface area (Å²) in [7, 11) is 0. The molecule has 0 aliphatic carbocycles. The molecule has 3 aromatic rings. The van der Waals surface area contributed by atoms with Crippen molar-refractivity contribution < 1.29 is 4.79 Å². The van der Waals surface area contributed by atoms with Gasteiger partial charge in [0.15, 0.2) is 5.16 Å². The number of aryl methyl sites for hydroxylation is 2. The Balaban J connectivity index is 1.66. The Hall–Kier alpha value is -2.02. The summed E-state index contributed by atoms with van der Waals surface area (Å²) in [5.74, 6) is 0.0343. The van der Waals surface area contributed by atoms with Crippen molar-refractivity contribution in [1.29, 1.82) is 0 Å². The predicted octanol–water partition coefficient (Wildman–Crippen LogP) is 4.92. The highest BCUT2D eigenvalue weighted by molar-refractivity contribution is 7.99. The van der Waals surface area contributed by atoms with Crippen LogP contribution in [-0.4, -0.2) is 26.4 Å². The highest BCUT2D eigenvalue weighted by atomic mass is 35.5. The molecule has 0 fully saturated rings. The molecule has 0 radical (unpaired) electrons. The van der Waals surface area contributed by atoms with E-state index in [4.69, 9.17) is 23.2 Å². The normalized spacial score (nSPS) is 10.8. The number of hydrogen-bond acceptors (Lipinski definition) is 4. The van der Waals surface area contributed by atoms with Crippen LogP contribution in [0.4, 0.5) is 5.69 Å². The highest BCUT2D eigenvalue weighted by Gasteiger charge is 2.11. The van der Waals surface area contributed by atoms with Gasteiger partial charge < -0.3 is 5.32 Å². The van der Waals surface area contributed by atoms with E-state index in [0.717, 1.165) is 5.69 Å². The van der Waals surface area contributed by atoms with Gasteiger partial charge in [0.05, 0.1) is 15.8 Å². The molecule has 1 amide bonds. The molecule has 0 spiro atoms. The Bertz CT molecular complexity index is 958. The summed E-state index contributed by atoms with van der Waals surface area (Å²) in [6.07, 6.45) is 1.64. The molecular formula is C18H16Cl2N4OS. The second-order valence-corrected chi connectivity index (χ2v) is 7.47. The average molecular weight is 407 g/mol. The second-order valence-electron chi connectivity index (χ2n) is 5.72. The average Bonchev–Trinajstić information content (AvgIpc) is 3.07. The van der Waals surface area contributed by atoms with Crippen molar-refractivity contribution in [3.8, 4) is 5.69 Å². The van der Waals surface area contributed by atoms with Gasteiger partial charge in [-0.1, -0.05) is 41.0 Å². The van der Waals surface area contributed by atoms with E-state index in [0.29, 0.717) is 20.9 Å². The topological polar surface area (TPSA) is 59.8 Å². The lowest BCUT2D eigenvalue weighted by Crippen LogP contribution is -2.14. The van der Waals surface area contributed by atoms with Crippen LogP contribution in [0.1, 0.15) is 11.1 Å². The van der Waals surface area contributed by atoms with Crippen molar-refractivity contribution >= 4 is 46.6 Å². The number of amides is 1. The maximum Gasteiger partial charge on any atom is 0.234 e. The molecule has 1 aromatic heterocycles. The Morgan fingerprint density at radius 3 is 2.65 bits per heavy atom. The number of halogens is 2. The Morgan fingerprint density at radius 1 is 1.12 bits per heavy atom. The zero-order valence-electron chi connectivity index (χ0n) is 14.2. The summed E-state index contributed by atoms with van der Waals surface area (Å²) < 4.78 is 1.86. The molecule has 2 aromatic carbocycles. The quantitative estimate of drug-likeness (QED) is 0.610. The smallest absolute Gasteiger partial charge is 0.234 e. The highest BCUT2D eigenvalue weighted by Crippen LogP contribution is 2.26. The molecule has 8 heteroatoms.